The van der Waals surface area contributed by atoms with Crippen LogP contribution in [0.1, 0.15) is 14.9 Å². The van der Waals surface area contributed by atoms with E-state index in [4.69, 9.17) is 11.6 Å². The summed E-state index contributed by atoms with van der Waals surface area (Å²) in [5.41, 5.74) is 2.37. The Morgan fingerprint density at radius 2 is 2.08 bits per heavy atom. The van der Waals surface area contributed by atoms with E-state index in [0.29, 0.717) is 5.88 Å². The summed E-state index contributed by atoms with van der Waals surface area (Å²) < 4.78 is 1.41. The molecule has 0 fully saturated rings. The minimum absolute atomic E-state index is 0.191. The smallest absolute Gasteiger partial charge is 0.0949 e. The van der Waals surface area contributed by atoms with E-state index in [1.54, 1.807) is 0 Å². The number of hydrogen-bond donors (Lipinski definition) is 0. The molecule has 0 radical (unpaired) electrons. The molecule has 0 atom stereocenters. The third kappa shape index (κ3) is 2.86. The fraction of sp³-hybridized carbons (Fsp3) is 0.250. The first-order chi connectivity index (χ1) is 5.65. The Bertz CT molecular complexity index is 276. The number of halogens is 4. The third-order valence-corrected chi connectivity index (χ3v) is 3.43. The molecule has 0 aliphatic rings. The lowest BCUT2D eigenvalue weighted by atomic mass is 10.1. The highest BCUT2D eigenvalue weighted by Crippen LogP contribution is 2.33. The molecule has 1 rings (SSSR count). The molecule has 1 aromatic rings. The molecule has 0 heterocycles. The van der Waals surface area contributed by atoms with Crippen LogP contribution >= 0.6 is 66.1 Å². The van der Waals surface area contributed by atoms with E-state index in [2.05, 4.69) is 72.6 Å². The first kappa shape index (κ1) is 11.3. The van der Waals surface area contributed by atoms with Gasteiger partial charge in [-0.3, -0.25) is 0 Å². The van der Waals surface area contributed by atoms with E-state index in [1.807, 2.05) is 0 Å². The molecule has 0 aliphatic heterocycles. The van der Waals surface area contributed by atoms with E-state index in [1.165, 1.54) is 14.7 Å². The van der Waals surface area contributed by atoms with Crippen LogP contribution in [-0.4, -0.2) is 0 Å². The maximum atomic E-state index is 5.80. The van der Waals surface area contributed by atoms with Gasteiger partial charge in [-0.2, -0.15) is 0 Å². The molecule has 0 aromatic heterocycles. The molecular formula is C8H6Br2ClI. The summed E-state index contributed by atoms with van der Waals surface area (Å²) in [6.45, 7) is 0. The van der Waals surface area contributed by atoms with E-state index < -0.39 is 0 Å². The largest absolute Gasteiger partial charge is 0.122 e. The zero-order chi connectivity index (χ0) is 9.14. The van der Waals surface area contributed by atoms with Crippen molar-refractivity contribution < 1.29 is 0 Å². The van der Waals surface area contributed by atoms with Gasteiger partial charge >= 0.3 is 0 Å². The Kier molecular flexibility index (Phi) is 4.86. The first-order valence-corrected chi connectivity index (χ1v) is 6.72. The van der Waals surface area contributed by atoms with Crippen molar-refractivity contribution >= 4 is 66.1 Å². The van der Waals surface area contributed by atoms with Crippen LogP contribution in [0.3, 0.4) is 0 Å². The zero-order valence-electron chi connectivity index (χ0n) is 6.03. The Balaban J connectivity index is 3.11. The Morgan fingerprint density at radius 3 is 2.58 bits per heavy atom. The summed E-state index contributed by atoms with van der Waals surface area (Å²) in [4.78, 5) is 0. The van der Waals surface area contributed by atoms with Gasteiger partial charge in [0.15, 0.2) is 0 Å². The summed E-state index contributed by atoms with van der Waals surface area (Å²) in [6.07, 6.45) is 0. The Hall–Kier alpha value is 1.20. The third-order valence-electron chi connectivity index (χ3n) is 1.48. The number of alkyl halides is 3. The van der Waals surface area contributed by atoms with Crippen molar-refractivity contribution in [2.24, 2.45) is 0 Å². The monoisotopic (exact) mass is 422 g/mol. The predicted octanol–water partition coefficient (Wildman–Crippen LogP) is 4.82. The first-order valence-electron chi connectivity index (χ1n) is 3.27. The maximum Gasteiger partial charge on any atom is 0.0949 e. The minimum Gasteiger partial charge on any atom is -0.122 e. The molecular weight excluding hydrogens is 418 g/mol. The highest BCUT2D eigenvalue weighted by molar-refractivity contribution is 14.1. The van der Waals surface area contributed by atoms with Crippen LogP contribution in [0.2, 0.25) is 0 Å². The molecule has 0 spiro atoms. The Labute approximate surface area is 107 Å². The van der Waals surface area contributed by atoms with Gasteiger partial charge < -0.3 is 0 Å². The number of hydrogen-bond acceptors (Lipinski definition) is 0. The van der Waals surface area contributed by atoms with Gasteiger partial charge in [0.05, 0.1) is 3.74 Å². The lowest BCUT2D eigenvalue weighted by molar-refractivity contribution is 1.27. The standard InChI is InChI=1S/C8H6Br2ClI/c9-8(10)7-2-1-6(12)3-5(7)4-11/h1-3,8H,4H2. The average Bonchev–Trinajstić information content (AvgIpc) is 2.03. The molecule has 0 nitrogen and oxygen atoms in total. The van der Waals surface area contributed by atoms with Gasteiger partial charge in [0.1, 0.15) is 0 Å². The summed E-state index contributed by atoms with van der Waals surface area (Å²) in [5.74, 6) is 0.555. The summed E-state index contributed by atoms with van der Waals surface area (Å²) in [7, 11) is 0. The fourth-order valence-corrected chi connectivity index (χ4v) is 2.58. The molecule has 66 valence electrons. The van der Waals surface area contributed by atoms with Crippen LogP contribution in [0.15, 0.2) is 18.2 Å². The normalized spacial score (nSPS) is 10.8. The lowest BCUT2D eigenvalue weighted by Gasteiger charge is -2.08. The van der Waals surface area contributed by atoms with Gasteiger partial charge in [0, 0.05) is 9.45 Å². The van der Waals surface area contributed by atoms with Crippen molar-refractivity contribution in [3.8, 4) is 0 Å². The van der Waals surface area contributed by atoms with Crippen molar-refractivity contribution in [2.45, 2.75) is 9.62 Å². The highest BCUT2D eigenvalue weighted by atomic mass is 127. The quantitative estimate of drug-likeness (QED) is 0.472. The molecule has 0 unspecified atom stereocenters. The maximum absolute atomic E-state index is 5.80. The second kappa shape index (κ2) is 5.17. The molecule has 0 saturated heterocycles. The molecule has 0 N–H and O–H groups in total. The number of rotatable bonds is 2. The van der Waals surface area contributed by atoms with Crippen LogP contribution in [0.5, 0.6) is 0 Å². The van der Waals surface area contributed by atoms with Crippen molar-refractivity contribution in [1.82, 2.24) is 0 Å². The van der Waals surface area contributed by atoms with E-state index in [0.717, 1.165) is 0 Å². The second-order valence-corrected chi connectivity index (χ2v) is 6.85. The predicted molar refractivity (Wildman–Crippen MR) is 69.3 cm³/mol. The lowest BCUT2D eigenvalue weighted by Crippen LogP contribution is -1.90. The topological polar surface area (TPSA) is 0 Å². The summed E-state index contributed by atoms with van der Waals surface area (Å²) in [5, 5.41) is 0. The SMILES string of the molecule is ClCc1cc(I)ccc1C(Br)Br. The molecule has 1 aromatic carbocycles. The van der Waals surface area contributed by atoms with Gasteiger partial charge in [-0.05, 0) is 45.9 Å². The molecule has 0 amide bonds. The van der Waals surface area contributed by atoms with E-state index in [9.17, 15) is 0 Å². The van der Waals surface area contributed by atoms with Gasteiger partial charge in [-0.15, -0.1) is 11.6 Å². The van der Waals surface area contributed by atoms with Crippen LogP contribution in [0.25, 0.3) is 0 Å². The van der Waals surface area contributed by atoms with Crippen LogP contribution in [0, 0.1) is 3.57 Å². The van der Waals surface area contributed by atoms with Crippen molar-refractivity contribution in [3.63, 3.8) is 0 Å². The second-order valence-electron chi connectivity index (χ2n) is 2.28. The molecule has 0 aliphatic carbocycles. The highest BCUT2D eigenvalue weighted by Gasteiger charge is 2.07. The van der Waals surface area contributed by atoms with E-state index >= 15 is 0 Å². The molecule has 12 heavy (non-hydrogen) atoms. The van der Waals surface area contributed by atoms with Crippen molar-refractivity contribution in [3.05, 3.63) is 32.9 Å². The van der Waals surface area contributed by atoms with Gasteiger partial charge in [-0.25, -0.2) is 0 Å². The van der Waals surface area contributed by atoms with Gasteiger partial charge in [-0.1, -0.05) is 37.9 Å². The molecule has 4 heteroatoms. The Morgan fingerprint density at radius 1 is 1.42 bits per heavy atom. The average molecular weight is 424 g/mol. The zero-order valence-corrected chi connectivity index (χ0v) is 12.1. The van der Waals surface area contributed by atoms with Gasteiger partial charge in [0.25, 0.3) is 0 Å². The summed E-state index contributed by atoms with van der Waals surface area (Å²) in [6, 6.07) is 6.24. The minimum atomic E-state index is 0.191. The van der Waals surface area contributed by atoms with E-state index in [-0.39, 0.29) is 3.74 Å². The van der Waals surface area contributed by atoms with Crippen LogP contribution in [0.4, 0.5) is 0 Å². The molecule has 0 bridgehead atoms. The fourth-order valence-electron chi connectivity index (χ4n) is 0.903. The van der Waals surface area contributed by atoms with Crippen molar-refractivity contribution in [1.29, 1.82) is 0 Å². The molecule has 0 saturated carbocycles. The van der Waals surface area contributed by atoms with Gasteiger partial charge in [0.2, 0.25) is 0 Å². The van der Waals surface area contributed by atoms with Crippen LogP contribution in [-0.2, 0) is 5.88 Å². The summed E-state index contributed by atoms with van der Waals surface area (Å²) >= 11 is 15.0. The number of benzene rings is 1. The van der Waals surface area contributed by atoms with Crippen molar-refractivity contribution in [2.75, 3.05) is 0 Å². The van der Waals surface area contributed by atoms with Crippen LogP contribution < -0.4 is 0 Å².